The maximum absolute atomic E-state index is 13.4. The summed E-state index contributed by atoms with van der Waals surface area (Å²) in [5, 5.41) is 0. The normalized spacial score (nSPS) is 34.9. The van der Waals surface area contributed by atoms with Crippen molar-refractivity contribution < 1.29 is 32.2 Å². The summed E-state index contributed by atoms with van der Waals surface area (Å²) in [6.45, 7) is 14.2. The molecule has 4 rings (SSSR count). The van der Waals surface area contributed by atoms with Crippen LogP contribution in [0.1, 0.15) is 25.8 Å². The van der Waals surface area contributed by atoms with Crippen LogP contribution in [0, 0.1) is 18.4 Å². The first-order valence-corrected chi connectivity index (χ1v) is 9.37. The highest BCUT2D eigenvalue weighted by atomic mass is 19.4. The molecule has 0 aromatic heterocycles. The van der Waals surface area contributed by atoms with Gasteiger partial charge in [0.25, 0.3) is 0 Å². The Balaban J connectivity index is 1.75. The number of fused-ring (bicyclic) bond motifs is 5. The summed E-state index contributed by atoms with van der Waals surface area (Å²) in [6, 6.07) is 2.85. The van der Waals surface area contributed by atoms with Crippen LogP contribution in [-0.2, 0) is 25.2 Å². The van der Waals surface area contributed by atoms with Crippen molar-refractivity contribution >= 4 is 23.2 Å². The summed E-state index contributed by atoms with van der Waals surface area (Å²) in [7, 11) is 0. The van der Waals surface area contributed by atoms with Crippen molar-refractivity contribution in [2.24, 2.45) is 11.8 Å². The number of carbonyl (C=O) groups excluding carboxylic acids is 2. The quantitative estimate of drug-likeness (QED) is 0.421. The average Bonchev–Trinajstić information content (AvgIpc) is 3.19. The second kappa shape index (κ2) is 6.40. The number of hydrogen-bond donors (Lipinski definition) is 0. The molecule has 0 spiro atoms. The summed E-state index contributed by atoms with van der Waals surface area (Å²) in [6.07, 6.45) is -3.29. The minimum absolute atomic E-state index is 0.200. The van der Waals surface area contributed by atoms with Gasteiger partial charge in [0, 0.05) is 12.1 Å². The van der Waals surface area contributed by atoms with Crippen molar-refractivity contribution in [2.45, 2.75) is 43.8 Å². The number of benzene rings is 1. The molecular weight excluding hydrogens is 401 g/mol. The molecule has 2 bridgehead atoms. The summed E-state index contributed by atoms with van der Waals surface area (Å²) in [5.74, 6) is -2.89. The summed E-state index contributed by atoms with van der Waals surface area (Å²) >= 11 is 0. The van der Waals surface area contributed by atoms with Gasteiger partial charge in [-0.2, -0.15) is 13.2 Å². The number of imide groups is 1. The molecule has 0 N–H and O–H groups in total. The van der Waals surface area contributed by atoms with E-state index in [2.05, 4.69) is 11.4 Å². The van der Waals surface area contributed by atoms with Crippen LogP contribution in [-0.4, -0.2) is 35.7 Å². The van der Waals surface area contributed by atoms with E-state index in [1.165, 1.54) is 6.07 Å². The second-order valence-corrected chi connectivity index (χ2v) is 8.19. The lowest BCUT2D eigenvalue weighted by molar-refractivity contribution is -0.137. The Morgan fingerprint density at radius 2 is 2.00 bits per heavy atom. The largest absolute Gasteiger partial charge is 0.407 e. The number of hydrogen-bond acceptors (Lipinski definition) is 4. The molecule has 2 unspecified atom stereocenters. The van der Waals surface area contributed by atoms with Crippen LogP contribution in [0.15, 0.2) is 30.9 Å². The topological polar surface area (TPSA) is 60.2 Å². The Hall–Kier alpha value is -2.70. The maximum Gasteiger partial charge on any atom is 0.407 e. The lowest BCUT2D eigenvalue weighted by atomic mass is 9.67. The van der Waals surface area contributed by atoms with Crippen LogP contribution < -0.4 is 4.90 Å². The molecule has 3 aliphatic heterocycles. The van der Waals surface area contributed by atoms with Crippen LogP contribution in [0.2, 0.25) is 0 Å². The Bertz CT molecular complexity index is 1000. The molecule has 9 heteroatoms. The monoisotopic (exact) mass is 420 g/mol. The number of rotatable bonds is 4. The van der Waals surface area contributed by atoms with Gasteiger partial charge in [-0.3, -0.25) is 9.59 Å². The SMILES string of the molecule is [C-]#[N+]c1ccc(N2C(=O)[C@@H]3[C@H](C2=O)C2(C)C[C@H](OCC=C)C3(C)O2)cc1C(F)(F)F. The first-order chi connectivity index (χ1) is 14.0. The van der Waals surface area contributed by atoms with E-state index in [0.717, 1.165) is 11.0 Å². The molecule has 0 saturated carbocycles. The first-order valence-electron chi connectivity index (χ1n) is 9.37. The van der Waals surface area contributed by atoms with Crippen molar-refractivity contribution in [3.05, 3.63) is 47.8 Å². The molecule has 5 atom stereocenters. The fourth-order valence-corrected chi connectivity index (χ4v) is 5.15. The Morgan fingerprint density at radius 1 is 1.33 bits per heavy atom. The van der Waals surface area contributed by atoms with E-state index in [-0.39, 0.29) is 12.3 Å². The summed E-state index contributed by atoms with van der Waals surface area (Å²) in [4.78, 5) is 30.2. The first kappa shape index (κ1) is 20.6. The van der Waals surface area contributed by atoms with Gasteiger partial charge in [-0.15, -0.1) is 6.58 Å². The van der Waals surface area contributed by atoms with Gasteiger partial charge in [0.1, 0.15) is 5.60 Å². The lowest BCUT2D eigenvalue weighted by Gasteiger charge is -2.34. The van der Waals surface area contributed by atoms with E-state index in [9.17, 15) is 22.8 Å². The highest BCUT2D eigenvalue weighted by molar-refractivity contribution is 6.23. The van der Waals surface area contributed by atoms with Gasteiger partial charge in [0.05, 0.1) is 42.3 Å². The van der Waals surface area contributed by atoms with Gasteiger partial charge in [0.2, 0.25) is 11.8 Å². The molecule has 0 radical (unpaired) electrons. The Labute approximate surface area is 171 Å². The van der Waals surface area contributed by atoms with E-state index in [0.29, 0.717) is 12.5 Å². The molecule has 3 fully saturated rings. The third kappa shape index (κ3) is 2.63. The molecule has 6 nitrogen and oxygen atoms in total. The molecule has 1 aromatic carbocycles. The second-order valence-electron chi connectivity index (χ2n) is 8.19. The highest BCUT2D eigenvalue weighted by Gasteiger charge is 2.76. The molecule has 1 aromatic rings. The molecule has 2 amide bonds. The number of halogens is 3. The minimum atomic E-state index is -4.79. The van der Waals surface area contributed by atoms with Gasteiger partial charge < -0.3 is 9.47 Å². The Morgan fingerprint density at radius 3 is 2.60 bits per heavy atom. The molecular formula is C21H19F3N2O4. The van der Waals surface area contributed by atoms with Crippen molar-refractivity contribution in [3.8, 4) is 0 Å². The van der Waals surface area contributed by atoms with Crippen molar-refractivity contribution in [2.75, 3.05) is 11.5 Å². The van der Waals surface area contributed by atoms with Crippen molar-refractivity contribution in [1.82, 2.24) is 0 Å². The van der Waals surface area contributed by atoms with Crippen molar-refractivity contribution in [3.63, 3.8) is 0 Å². The highest BCUT2D eigenvalue weighted by Crippen LogP contribution is 2.61. The zero-order valence-electron chi connectivity index (χ0n) is 16.3. The van der Waals surface area contributed by atoms with Gasteiger partial charge in [-0.05, 0) is 26.0 Å². The lowest BCUT2D eigenvalue weighted by Crippen LogP contribution is -2.50. The summed E-state index contributed by atoms with van der Waals surface area (Å²) < 4.78 is 52.0. The molecule has 3 saturated heterocycles. The molecule has 3 heterocycles. The Kier molecular flexibility index (Phi) is 4.39. The zero-order chi connectivity index (χ0) is 22.1. The zero-order valence-corrected chi connectivity index (χ0v) is 16.3. The number of amides is 2. The fourth-order valence-electron chi connectivity index (χ4n) is 5.15. The van der Waals surface area contributed by atoms with E-state index < -0.39 is 58.4 Å². The summed E-state index contributed by atoms with van der Waals surface area (Å²) in [5.41, 5.74) is -4.01. The van der Waals surface area contributed by atoms with Crippen molar-refractivity contribution in [1.29, 1.82) is 0 Å². The number of ether oxygens (including phenoxy) is 2. The number of nitrogens with zero attached hydrogens (tertiary/aromatic N) is 2. The van der Waals surface area contributed by atoms with Crippen LogP contribution in [0.4, 0.5) is 24.5 Å². The average molecular weight is 420 g/mol. The van der Waals surface area contributed by atoms with Crippen LogP contribution in [0.25, 0.3) is 4.85 Å². The molecule has 158 valence electrons. The van der Waals surface area contributed by atoms with E-state index in [1.54, 1.807) is 19.9 Å². The number of alkyl halides is 3. The van der Waals surface area contributed by atoms with Gasteiger partial charge >= 0.3 is 6.18 Å². The van der Waals surface area contributed by atoms with E-state index >= 15 is 0 Å². The third-order valence-corrected chi connectivity index (χ3v) is 6.34. The predicted octanol–water partition coefficient (Wildman–Crippen LogP) is 3.88. The van der Waals surface area contributed by atoms with Crippen LogP contribution in [0.5, 0.6) is 0 Å². The smallest absolute Gasteiger partial charge is 0.371 e. The van der Waals surface area contributed by atoms with Gasteiger partial charge in [-0.25, -0.2) is 9.74 Å². The molecule has 3 aliphatic rings. The van der Waals surface area contributed by atoms with E-state index in [4.69, 9.17) is 16.0 Å². The van der Waals surface area contributed by atoms with Gasteiger partial charge in [0.15, 0.2) is 5.69 Å². The number of anilines is 1. The minimum Gasteiger partial charge on any atom is -0.371 e. The fraction of sp³-hybridized carbons (Fsp3) is 0.476. The molecule has 30 heavy (non-hydrogen) atoms. The molecule has 0 aliphatic carbocycles. The third-order valence-electron chi connectivity index (χ3n) is 6.34. The number of carbonyl (C=O) groups is 2. The maximum atomic E-state index is 13.4. The van der Waals surface area contributed by atoms with Crippen LogP contribution in [0.3, 0.4) is 0 Å². The van der Waals surface area contributed by atoms with E-state index in [1.807, 2.05) is 0 Å². The standard InChI is InChI=1S/C21H19F3N2O4/c1-5-8-29-14-10-19(2)15-16(20(14,3)30-19)18(28)26(17(15)27)11-6-7-13(25-4)12(9-11)21(22,23)24/h5-7,9,14-16H,1,8,10H2,2-3H3/t14-,15+,16-,19?,20?/m0/s1. The van der Waals surface area contributed by atoms with Gasteiger partial charge in [-0.1, -0.05) is 12.1 Å². The predicted molar refractivity (Wildman–Crippen MR) is 99.6 cm³/mol. The van der Waals surface area contributed by atoms with Crippen LogP contribution >= 0.6 is 0 Å².